The molecule has 5 heteroatoms. The maximum Gasteiger partial charge on any atom is 0.187 e. The lowest BCUT2D eigenvalue weighted by atomic mass is 10.1. The third-order valence-corrected chi connectivity index (χ3v) is 1.82. The number of aliphatic hydroxyl groups excluding tert-OH is 1. The Balaban J connectivity index is 2.66. The topological polar surface area (TPSA) is 71.7 Å². The van der Waals surface area contributed by atoms with Crippen molar-refractivity contribution < 1.29 is 19.3 Å². The summed E-state index contributed by atoms with van der Waals surface area (Å²) in [4.78, 5) is 0. The number of nitriles is 1. The second-order valence-corrected chi connectivity index (χ2v) is 2.49. The molecule has 0 aromatic rings. The summed E-state index contributed by atoms with van der Waals surface area (Å²) in [6.07, 6.45) is -2.40. The van der Waals surface area contributed by atoms with E-state index in [0.717, 1.165) is 0 Å². The molecule has 1 N–H and O–H groups in total. The van der Waals surface area contributed by atoms with Crippen LogP contribution in [-0.4, -0.2) is 38.0 Å². The fraction of sp³-hybridized carbons (Fsp3) is 0.857. The van der Waals surface area contributed by atoms with Gasteiger partial charge in [0.15, 0.2) is 12.6 Å². The molecule has 0 aromatic heterocycles. The van der Waals surface area contributed by atoms with Gasteiger partial charge < -0.3 is 19.3 Å². The van der Waals surface area contributed by atoms with Crippen LogP contribution >= 0.6 is 0 Å². The molecule has 1 aliphatic heterocycles. The first kappa shape index (κ1) is 9.42. The van der Waals surface area contributed by atoms with Crippen molar-refractivity contribution in [3.8, 4) is 6.07 Å². The van der Waals surface area contributed by atoms with E-state index < -0.39 is 24.6 Å². The van der Waals surface area contributed by atoms with Crippen molar-refractivity contribution in [2.75, 3.05) is 14.2 Å². The van der Waals surface area contributed by atoms with Crippen molar-refractivity contribution in [1.82, 2.24) is 0 Å². The molecule has 5 nitrogen and oxygen atoms in total. The van der Waals surface area contributed by atoms with Crippen molar-refractivity contribution in [3.05, 3.63) is 0 Å². The van der Waals surface area contributed by atoms with Gasteiger partial charge in [0.05, 0.1) is 6.07 Å². The van der Waals surface area contributed by atoms with E-state index in [-0.39, 0.29) is 0 Å². The van der Waals surface area contributed by atoms with Gasteiger partial charge in [-0.3, -0.25) is 0 Å². The molecule has 68 valence electrons. The van der Waals surface area contributed by atoms with Crippen molar-refractivity contribution >= 4 is 0 Å². The summed E-state index contributed by atoms with van der Waals surface area (Å²) in [6, 6.07) is 1.90. The average Bonchev–Trinajstić information content (AvgIpc) is 2.41. The lowest BCUT2D eigenvalue weighted by molar-refractivity contribution is -0.200. The molecule has 1 fully saturated rings. The van der Waals surface area contributed by atoms with Crippen LogP contribution in [-0.2, 0) is 14.2 Å². The molecule has 1 heterocycles. The Morgan fingerprint density at radius 1 is 1.33 bits per heavy atom. The van der Waals surface area contributed by atoms with Crippen molar-refractivity contribution in [1.29, 1.82) is 5.26 Å². The fourth-order valence-corrected chi connectivity index (χ4v) is 1.16. The van der Waals surface area contributed by atoms with Gasteiger partial charge in [-0.25, -0.2) is 0 Å². The predicted molar refractivity (Wildman–Crippen MR) is 37.8 cm³/mol. The number of hydrogen-bond donors (Lipinski definition) is 1. The van der Waals surface area contributed by atoms with Crippen LogP contribution < -0.4 is 0 Å². The molecule has 0 spiro atoms. The zero-order chi connectivity index (χ0) is 9.14. The van der Waals surface area contributed by atoms with Gasteiger partial charge in [-0.2, -0.15) is 5.26 Å². The molecule has 0 unspecified atom stereocenters. The smallest absolute Gasteiger partial charge is 0.187 e. The molecular formula is C7H11NO4. The summed E-state index contributed by atoms with van der Waals surface area (Å²) in [7, 11) is 2.82. The highest BCUT2D eigenvalue weighted by molar-refractivity contribution is 4.96. The molecule has 0 aliphatic carbocycles. The van der Waals surface area contributed by atoms with E-state index in [1.165, 1.54) is 14.2 Å². The molecule has 0 aromatic carbocycles. The van der Waals surface area contributed by atoms with E-state index in [9.17, 15) is 5.11 Å². The van der Waals surface area contributed by atoms with Gasteiger partial charge in [0.1, 0.15) is 12.0 Å². The SMILES string of the molecule is CO[C@@H]1O[C@@H](OC)[C@@H](C#N)[C@@H]1O. The highest BCUT2D eigenvalue weighted by atomic mass is 16.8. The first-order valence-electron chi connectivity index (χ1n) is 3.53. The van der Waals surface area contributed by atoms with E-state index in [2.05, 4.69) is 0 Å². The Kier molecular flexibility index (Phi) is 3.00. The largest absolute Gasteiger partial charge is 0.386 e. The van der Waals surface area contributed by atoms with Gasteiger partial charge in [0.25, 0.3) is 0 Å². The third kappa shape index (κ3) is 1.42. The molecule has 0 saturated carbocycles. The van der Waals surface area contributed by atoms with E-state index in [4.69, 9.17) is 19.5 Å². The number of rotatable bonds is 2. The lowest BCUT2D eigenvalue weighted by Gasteiger charge is -2.10. The number of ether oxygens (including phenoxy) is 3. The van der Waals surface area contributed by atoms with Crippen molar-refractivity contribution in [2.24, 2.45) is 5.92 Å². The summed E-state index contributed by atoms with van der Waals surface area (Å²) in [5, 5.41) is 18.0. The number of nitrogens with zero attached hydrogens (tertiary/aromatic N) is 1. The number of methoxy groups -OCH3 is 2. The summed E-state index contributed by atoms with van der Waals surface area (Å²) >= 11 is 0. The second kappa shape index (κ2) is 3.83. The van der Waals surface area contributed by atoms with Crippen molar-refractivity contribution in [3.63, 3.8) is 0 Å². The van der Waals surface area contributed by atoms with E-state index in [1.807, 2.05) is 6.07 Å². The number of aliphatic hydroxyl groups is 1. The minimum absolute atomic E-state index is 0.681. The van der Waals surface area contributed by atoms with Crippen LogP contribution in [0.1, 0.15) is 0 Å². The molecule has 0 radical (unpaired) electrons. The normalized spacial score (nSPS) is 41.2. The van der Waals surface area contributed by atoms with Crippen LogP contribution in [0.3, 0.4) is 0 Å². The highest BCUT2D eigenvalue weighted by Gasteiger charge is 2.44. The zero-order valence-corrected chi connectivity index (χ0v) is 6.93. The molecule has 1 rings (SSSR count). The van der Waals surface area contributed by atoms with E-state index >= 15 is 0 Å². The summed E-state index contributed by atoms with van der Waals surface area (Å²) in [6.45, 7) is 0. The van der Waals surface area contributed by atoms with Crippen LogP contribution in [0.25, 0.3) is 0 Å². The summed E-state index contributed by atoms with van der Waals surface area (Å²) < 4.78 is 14.7. The van der Waals surface area contributed by atoms with Crippen LogP contribution in [0.4, 0.5) is 0 Å². The molecule has 1 saturated heterocycles. The standard InChI is InChI=1S/C7H11NO4/c1-10-6-4(3-8)5(9)7(11-2)12-6/h4-7,9H,1-2H3/t4-,5-,6+,7+/m0/s1. The van der Waals surface area contributed by atoms with Gasteiger partial charge in [-0.1, -0.05) is 0 Å². The van der Waals surface area contributed by atoms with Crippen LogP contribution in [0, 0.1) is 17.2 Å². The van der Waals surface area contributed by atoms with Gasteiger partial charge in [-0.05, 0) is 0 Å². The Labute approximate surface area is 70.5 Å². The fourth-order valence-electron chi connectivity index (χ4n) is 1.16. The molecule has 4 atom stereocenters. The van der Waals surface area contributed by atoms with Crippen LogP contribution in [0.15, 0.2) is 0 Å². The molecule has 1 aliphatic rings. The van der Waals surface area contributed by atoms with Crippen LogP contribution in [0.5, 0.6) is 0 Å². The first-order valence-corrected chi connectivity index (χ1v) is 3.53. The first-order chi connectivity index (χ1) is 5.74. The minimum Gasteiger partial charge on any atom is -0.386 e. The van der Waals surface area contributed by atoms with Crippen molar-refractivity contribution in [2.45, 2.75) is 18.7 Å². The maximum absolute atomic E-state index is 9.40. The highest BCUT2D eigenvalue weighted by Crippen LogP contribution is 2.27. The Morgan fingerprint density at radius 3 is 2.25 bits per heavy atom. The minimum atomic E-state index is -0.940. The molecule has 12 heavy (non-hydrogen) atoms. The average molecular weight is 173 g/mol. The maximum atomic E-state index is 9.40. The van der Waals surface area contributed by atoms with Gasteiger partial charge in [0.2, 0.25) is 0 Å². The molecular weight excluding hydrogens is 162 g/mol. The van der Waals surface area contributed by atoms with Gasteiger partial charge in [-0.15, -0.1) is 0 Å². The zero-order valence-electron chi connectivity index (χ0n) is 6.93. The third-order valence-electron chi connectivity index (χ3n) is 1.82. The van der Waals surface area contributed by atoms with Gasteiger partial charge >= 0.3 is 0 Å². The Bertz CT molecular complexity index is 188. The van der Waals surface area contributed by atoms with E-state index in [0.29, 0.717) is 0 Å². The molecule has 0 amide bonds. The number of hydrogen-bond acceptors (Lipinski definition) is 5. The van der Waals surface area contributed by atoms with Gasteiger partial charge in [0, 0.05) is 14.2 Å². The molecule has 0 bridgehead atoms. The quantitative estimate of drug-likeness (QED) is 0.607. The summed E-state index contributed by atoms with van der Waals surface area (Å²) in [5.41, 5.74) is 0. The summed E-state index contributed by atoms with van der Waals surface area (Å²) in [5.74, 6) is -0.681. The van der Waals surface area contributed by atoms with E-state index in [1.54, 1.807) is 0 Å². The lowest BCUT2D eigenvalue weighted by Crippen LogP contribution is -2.27. The Morgan fingerprint density at radius 2 is 1.92 bits per heavy atom. The Hall–Kier alpha value is -0.670. The predicted octanol–water partition coefficient (Wildman–Crippen LogP) is -0.538. The monoisotopic (exact) mass is 173 g/mol. The second-order valence-electron chi connectivity index (χ2n) is 2.49. The van der Waals surface area contributed by atoms with Crippen LogP contribution in [0.2, 0.25) is 0 Å².